The first-order chi connectivity index (χ1) is 8.87. The molecule has 19 heavy (non-hydrogen) atoms. The first-order valence-corrected chi connectivity index (χ1v) is 6.25. The van der Waals surface area contributed by atoms with Gasteiger partial charge in [-0.1, -0.05) is 30.3 Å². The van der Waals surface area contributed by atoms with Crippen LogP contribution in [0.4, 0.5) is 0 Å². The Bertz CT molecular complexity index is 435. The van der Waals surface area contributed by atoms with Crippen molar-refractivity contribution in [1.82, 2.24) is 10.6 Å². The second kappa shape index (κ2) is 6.78. The Morgan fingerprint density at radius 2 is 1.89 bits per heavy atom. The van der Waals surface area contributed by atoms with Crippen LogP contribution in [0.2, 0.25) is 0 Å². The third-order valence-corrected chi connectivity index (χ3v) is 2.22. The highest BCUT2D eigenvalue weighted by Gasteiger charge is 2.13. The predicted octanol–water partition coefficient (Wildman–Crippen LogP) is 1.01. The van der Waals surface area contributed by atoms with Gasteiger partial charge in [-0.2, -0.15) is 0 Å². The molecule has 5 nitrogen and oxygen atoms in total. The Hall–Kier alpha value is -2.04. The van der Waals surface area contributed by atoms with Crippen molar-refractivity contribution in [3.8, 4) is 0 Å². The lowest BCUT2D eigenvalue weighted by molar-refractivity contribution is -0.121. The SMILES string of the molecule is CC(C)(C)NC(=O)CNC(N)=NCc1ccccc1. The van der Waals surface area contributed by atoms with Gasteiger partial charge < -0.3 is 16.4 Å². The van der Waals surface area contributed by atoms with Gasteiger partial charge >= 0.3 is 0 Å². The van der Waals surface area contributed by atoms with Gasteiger partial charge in [0.2, 0.25) is 5.91 Å². The zero-order chi connectivity index (χ0) is 14.3. The minimum absolute atomic E-state index is 0.106. The molecular weight excluding hydrogens is 240 g/mol. The van der Waals surface area contributed by atoms with Gasteiger partial charge in [0.25, 0.3) is 0 Å². The van der Waals surface area contributed by atoms with Gasteiger partial charge in [0.15, 0.2) is 5.96 Å². The summed E-state index contributed by atoms with van der Waals surface area (Å²) in [5.41, 5.74) is 6.53. The van der Waals surface area contributed by atoms with Crippen LogP contribution in [0, 0.1) is 0 Å². The van der Waals surface area contributed by atoms with Gasteiger partial charge in [-0.3, -0.25) is 4.79 Å². The minimum Gasteiger partial charge on any atom is -0.370 e. The highest BCUT2D eigenvalue weighted by Crippen LogP contribution is 1.99. The number of nitrogens with one attached hydrogen (secondary N) is 2. The number of guanidine groups is 1. The predicted molar refractivity (Wildman–Crippen MR) is 77.7 cm³/mol. The maximum Gasteiger partial charge on any atom is 0.239 e. The molecule has 0 atom stereocenters. The number of nitrogens with two attached hydrogens (primary N) is 1. The molecule has 104 valence electrons. The molecule has 0 saturated heterocycles. The number of benzene rings is 1. The largest absolute Gasteiger partial charge is 0.370 e. The molecule has 0 aliphatic rings. The third kappa shape index (κ3) is 7.08. The molecule has 0 radical (unpaired) electrons. The highest BCUT2D eigenvalue weighted by molar-refractivity contribution is 5.85. The van der Waals surface area contributed by atoms with E-state index in [4.69, 9.17) is 5.73 Å². The number of amides is 1. The molecule has 0 unspecified atom stereocenters. The van der Waals surface area contributed by atoms with Crippen molar-refractivity contribution < 1.29 is 4.79 Å². The molecule has 1 amide bonds. The fraction of sp³-hybridized carbons (Fsp3) is 0.429. The second-order valence-electron chi connectivity index (χ2n) is 5.34. The van der Waals surface area contributed by atoms with Crippen LogP contribution in [-0.4, -0.2) is 24.0 Å². The number of hydrogen-bond donors (Lipinski definition) is 3. The van der Waals surface area contributed by atoms with Crippen LogP contribution in [0.15, 0.2) is 35.3 Å². The van der Waals surface area contributed by atoms with E-state index in [1.165, 1.54) is 0 Å². The molecule has 0 aliphatic carbocycles. The Morgan fingerprint density at radius 1 is 1.26 bits per heavy atom. The zero-order valence-corrected chi connectivity index (χ0v) is 11.7. The molecule has 1 rings (SSSR count). The van der Waals surface area contributed by atoms with Gasteiger partial charge in [0, 0.05) is 5.54 Å². The van der Waals surface area contributed by atoms with Crippen molar-refractivity contribution in [1.29, 1.82) is 0 Å². The molecule has 5 heteroatoms. The molecule has 1 aromatic carbocycles. The summed E-state index contributed by atoms with van der Waals surface area (Å²) in [6, 6.07) is 9.80. The fourth-order valence-corrected chi connectivity index (χ4v) is 1.45. The van der Waals surface area contributed by atoms with Gasteiger partial charge in [-0.15, -0.1) is 0 Å². The third-order valence-electron chi connectivity index (χ3n) is 2.22. The zero-order valence-electron chi connectivity index (χ0n) is 11.7. The first kappa shape index (κ1) is 15.0. The lowest BCUT2D eigenvalue weighted by Gasteiger charge is -2.20. The Labute approximate surface area is 114 Å². The lowest BCUT2D eigenvalue weighted by Crippen LogP contribution is -2.47. The van der Waals surface area contributed by atoms with E-state index in [1.54, 1.807) is 0 Å². The second-order valence-corrected chi connectivity index (χ2v) is 5.34. The molecule has 0 saturated carbocycles. The van der Waals surface area contributed by atoms with Gasteiger partial charge in [0.05, 0.1) is 13.1 Å². The van der Waals surface area contributed by atoms with E-state index in [2.05, 4.69) is 15.6 Å². The summed E-state index contributed by atoms with van der Waals surface area (Å²) in [5, 5.41) is 5.63. The summed E-state index contributed by atoms with van der Waals surface area (Å²) in [6.45, 7) is 6.41. The average molecular weight is 262 g/mol. The minimum atomic E-state index is -0.241. The van der Waals surface area contributed by atoms with Crippen LogP contribution in [0.25, 0.3) is 0 Å². The van der Waals surface area contributed by atoms with E-state index < -0.39 is 0 Å². The molecule has 0 heterocycles. The van der Waals surface area contributed by atoms with Crippen molar-refractivity contribution in [2.45, 2.75) is 32.9 Å². The lowest BCUT2D eigenvalue weighted by atomic mass is 10.1. The van der Waals surface area contributed by atoms with Crippen LogP contribution < -0.4 is 16.4 Å². The normalized spacial score (nSPS) is 12.1. The van der Waals surface area contributed by atoms with Crippen LogP contribution >= 0.6 is 0 Å². The Morgan fingerprint density at radius 3 is 2.47 bits per heavy atom. The highest BCUT2D eigenvalue weighted by atomic mass is 16.2. The molecule has 4 N–H and O–H groups in total. The van der Waals surface area contributed by atoms with Crippen LogP contribution in [0.3, 0.4) is 0 Å². The number of carbonyl (C=O) groups is 1. The Kier molecular flexibility index (Phi) is 5.36. The molecule has 0 aliphatic heterocycles. The van der Waals surface area contributed by atoms with Crippen LogP contribution in [0.1, 0.15) is 26.3 Å². The standard InChI is InChI=1S/C14H22N4O/c1-14(2,3)18-12(19)10-17-13(15)16-9-11-7-5-4-6-8-11/h4-8H,9-10H2,1-3H3,(H,18,19)(H3,15,16,17). The Balaban J connectivity index is 2.35. The molecule has 0 aromatic heterocycles. The summed E-state index contributed by atoms with van der Waals surface area (Å²) < 4.78 is 0. The van der Waals surface area contributed by atoms with E-state index in [9.17, 15) is 4.79 Å². The number of aliphatic imine (C=N–C) groups is 1. The number of rotatable bonds is 4. The van der Waals surface area contributed by atoms with Gasteiger partial charge in [0.1, 0.15) is 0 Å². The van der Waals surface area contributed by atoms with E-state index in [0.29, 0.717) is 6.54 Å². The maximum absolute atomic E-state index is 11.6. The monoisotopic (exact) mass is 262 g/mol. The van der Waals surface area contributed by atoms with Gasteiger partial charge in [-0.05, 0) is 26.3 Å². The summed E-state index contributed by atoms with van der Waals surface area (Å²) >= 11 is 0. The maximum atomic E-state index is 11.6. The smallest absolute Gasteiger partial charge is 0.239 e. The number of hydrogen-bond acceptors (Lipinski definition) is 2. The molecule has 1 aromatic rings. The first-order valence-electron chi connectivity index (χ1n) is 6.25. The van der Waals surface area contributed by atoms with E-state index in [1.807, 2.05) is 51.1 Å². The average Bonchev–Trinajstić information content (AvgIpc) is 2.33. The topological polar surface area (TPSA) is 79.5 Å². The summed E-state index contributed by atoms with van der Waals surface area (Å²) in [7, 11) is 0. The molecular formula is C14H22N4O. The van der Waals surface area contributed by atoms with E-state index >= 15 is 0 Å². The molecule has 0 spiro atoms. The van der Waals surface area contributed by atoms with E-state index in [0.717, 1.165) is 5.56 Å². The van der Waals surface area contributed by atoms with E-state index in [-0.39, 0.29) is 24.0 Å². The summed E-state index contributed by atoms with van der Waals surface area (Å²) in [4.78, 5) is 15.7. The van der Waals surface area contributed by atoms with Crippen molar-refractivity contribution in [2.24, 2.45) is 10.7 Å². The van der Waals surface area contributed by atoms with Crippen molar-refractivity contribution >= 4 is 11.9 Å². The summed E-state index contributed by atoms with van der Waals surface area (Å²) in [6.07, 6.45) is 0. The van der Waals surface area contributed by atoms with Crippen molar-refractivity contribution in [3.63, 3.8) is 0 Å². The quantitative estimate of drug-likeness (QED) is 0.559. The van der Waals surface area contributed by atoms with Crippen molar-refractivity contribution in [2.75, 3.05) is 6.54 Å². The fourth-order valence-electron chi connectivity index (χ4n) is 1.45. The van der Waals surface area contributed by atoms with Gasteiger partial charge in [-0.25, -0.2) is 4.99 Å². The van der Waals surface area contributed by atoms with Crippen LogP contribution in [-0.2, 0) is 11.3 Å². The van der Waals surface area contributed by atoms with Crippen LogP contribution in [0.5, 0.6) is 0 Å². The molecule has 0 bridgehead atoms. The van der Waals surface area contributed by atoms with Crippen molar-refractivity contribution in [3.05, 3.63) is 35.9 Å². The number of nitrogens with zero attached hydrogens (tertiary/aromatic N) is 1. The molecule has 0 fully saturated rings. The number of carbonyl (C=O) groups excluding carboxylic acids is 1. The summed E-state index contributed by atoms with van der Waals surface area (Å²) in [5.74, 6) is 0.165.